The van der Waals surface area contributed by atoms with Gasteiger partial charge in [0.25, 0.3) is 11.6 Å². The number of alkyl halides is 3. The highest BCUT2D eigenvalue weighted by Gasteiger charge is 2.59. The fourth-order valence-electron chi connectivity index (χ4n) is 2.30. The van der Waals surface area contributed by atoms with Crippen LogP contribution in [0.1, 0.15) is 18.4 Å². The Hall–Kier alpha value is -2.19. The number of nitro groups is 1. The number of piperidine rings is 1. The molecule has 21 heavy (non-hydrogen) atoms. The Morgan fingerprint density at radius 3 is 2.62 bits per heavy atom. The maximum absolute atomic E-state index is 14.1. The lowest BCUT2D eigenvalue weighted by Crippen LogP contribution is -2.63. The van der Waals surface area contributed by atoms with Crippen molar-refractivity contribution in [3.8, 4) is 0 Å². The van der Waals surface area contributed by atoms with Gasteiger partial charge in [0.2, 0.25) is 5.91 Å². The molecule has 1 N–H and O–H groups in total. The van der Waals surface area contributed by atoms with Gasteiger partial charge in [-0.15, -0.1) is 0 Å². The molecule has 2 rings (SSSR count). The van der Waals surface area contributed by atoms with Crippen molar-refractivity contribution in [3.05, 3.63) is 39.7 Å². The quantitative estimate of drug-likeness (QED) is 0.529. The molecule has 1 saturated heterocycles. The summed E-state index contributed by atoms with van der Waals surface area (Å²) in [6.45, 7) is -1.79. The number of nitrogens with zero attached hydrogens (tertiary/aromatic N) is 1. The van der Waals surface area contributed by atoms with Crippen molar-refractivity contribution >= 4 is 11.6 Å². The fourth-order valence-corrected chi connectivity index (χ4v) is 2.30. The van der Waals surface area contributed by atoms with Gasteiger partial charge in [0.1, 0.15) is 12.5 Å². The van der Waals surface area contributed by atoms with E-state index in [1.165, 1.54) is 0 Å². The topological polar surface area (TPSA) is 72.2 Å². The highest BCUT2D eigenvalue weighted by atomic mass is 19.3. The van der Waals surface area contributed by atoms with E-state index in [-0.39, 0.29) is 0 Å². The molecule has 0 saturated carbocycles. The first-order valence-electron chi connectivity index (χ1n) is 5.93. The molecule has 1 fully saturated rings. The van der Waals surface area contributed by atoms with Gasteiger partial charge in [0, 0.05) is 30.5 Å². The number of amides is 1. The number of benzene rings is 1. The zero-order valence-electron chi connectivity index (χ0n) is 10.5. The molecule has 1 atom stereocenters. The maximum Gasteiger partial charge on any atom is 0.278 e. The Morgan fingerprint density at radius 1 is 1.38 bits per heavy atom. The van der Waals surface area contributed by atoms with Gasteiger partial charge in [-0.05, 0) is 6.07 Å². The number of halogens is 4. The Kier molecular flexibility index (Phi) is 3.60. The second-order valence-electron chi connectivity index (χ2n) is 4.71. The standard InChI is InChI=1S/C12H10F4N2O3/c13-6-11(12(15,16)4-3-10(19)17-11)8-5-7(18(20)21)1-2-9(8)14/h1-2,5H,3-4,6H2,(H,17,19)/t11-/m1/s1. The van der Waals surface area contributed by atoms with Crippen LogP contribution in [0.4, 0.5) is 23.2 Å². The molecule has 1 amide bonds. The number of nitro benzene ring substituents is 1. The van der Waals surface area contributed by atoms with Crippen LogP contribution < -0.4 is 5.32 Å². The van der Waals surface area contributed by atoms with Crippen molar-refractivity contribution in [2.45, 2.75) is 24.3 Å². The van der Waals surface area contributed by atoms with Crippen molar-refractivity contribution < 1.29 is 27.3 Å². The largest absolute Gasteiger partial charge is 0.339 e. The Balaban J connectivity index is 2.66. The van der Waals surface area contributed by atoms with Crippen LogP contribution in [-0.4, -0.2) is 23.4 Å². The van der Waals surface area contributed by atoms with Gasteiger partial charge >= 0.3 is 0 Å². The number of non-ortho nitro benzene ring substituents is 1. The summed E-state index contributed by atoms with van der Waals surface area (Å²) in [6, 6.07) is 1.89. The van der Waals surface area contributed by atoms with Crippen molar-refractivity contribution in [2.75, 3.05) is 6.67 Å². The van der Waals surface area contributed by atoms with E-state index < -0.39 is 58.9 Å². The number of rotatable bonds is 3. The molecule has 1 aromatic carbocycles. The molecule has 0 radical (unpaired) electrons. The summed E-state index contributed by atoms with van der Waals surface area (Å²) in [5.74, 6) is -5.89. The van der Waals surface area contributed by atoms with Gasteiger partial charge in [-0.1, -0.05) is 0 Å². The van der Waals surface area contributed by atoms with Crippen LogP contribution in [0.3, 0.4) is 0 Å². The number of hydrogen-bond donors (Lipinski definition) is 1. The molecule has 5 nitrogen and oxygen atoms in total. The molecule has 0 aromatic heterocycles. The molecular weight excluding hydrogens is 296 g/mol. The predicted octanol–water partition coefficient (Wildman–Crippen LogP) is 2.44. The molecule has 114 valence electrons. The third kappa shape index (κ3) is 2.32. The zero-order chi connectivity index (χ0) is 15.8. The van der Waals surface area contributed by atoms with Crippen LogP contribution >= 0.6 is 0 Å². The lowest BCUT2D eigenvalue weighted by molar-refractivity contribution is -0.385. The maximum atomic E-state index is 14.1. The summed E-state index contributed by atoms with van der Waals surface area (Å²) in [7, 11) is 0. The van der Waals surface area contributed by atoms with Crippen LogP contribution in [0, 0.1) is 15.9 Å². The van der Waals surface area contributed by atoms with E-state index in [9.17, 15) is 32.5 Å². The second-order valence-corrected chi connectivity index (χ2v) is 4.71. The van der Waals surface area contributed by atoms with Crippen LogP contribution in [0.5, 0.6) is 0 Å². The van der Waals surface area contributed by atoms with Crippen LogP contribution in [0.25, 0.3) is 0 Å². The minimum Gasteiger partial charge on any atom is -0.339 e. The van der Waals surface area contributed by atoms with Gasteiger partial charge in [-0.3, -0.25) is 14.9 Å². The van der Waals surface area contributed by atoms with Crippen LogP contribution in [0.2, 0.25) is 0 Å². The lowest BCUT2D eigenvalue weighted by Gasteiger charge is -2.42. The molecule has 0 aliphatic carbocycles. The molecular formula is C12H10F4N2O3. The zero-order valence-corrected chi connectivity index (χ0v) is 10.5. The predicted molar refractivity (Wildman–Crippen MR) is 63.0 cm³/mol. The van der Waals surface area contributed by atoms with Crippen LogP contribution in [0.15, 0.2) is 18.2 Å². The highest BCUT2D eigenvalue weighted by molar-refractivity contribution is 5.78. The smallest absolute Gasteiger partial charge is 0.278 e. The van der Waals surface area contributed by atoms with E-state index in [4.69, 9.17) is 0 Å². The van der Waals surface area contributed by atoms with E-state index in [0.717, 1.165) is 6.07 Å². The molecule has 0 spiro atoms. The minimum absolute atomic E-state index is 0.522. The summed E-state index contributed by atoms with van der Waals surface area (Å²) in [5.41, 5.74) is -4.54. The minimum atomic E-state index is -3.77. The van der Waals surface area contributed by atoms with Crippen molar-refractivity contribution in [2.24, 2.45) is 0 Å². The Morgan fingerprint density at radius 2 is 2.05 bits per heavy atom. The van der Waals surface area contributed by atoms with Crippen molar-refractivity contribution in [3.63, 3.8) is 0 Å². The van der Waals surface area contributed by atoms with Crippen molar-refractivity contribution in [1.29, 1.82) is 0 Å². The normalized spacial score (nSPS) is 24.5. The molecule has 0 unspecified atom stereocenters. The van der Waals surface area contributed by atoms with Gasteiger partial charge in [-0.25, -0.2) is 17.6 Å². The summed E-state index contributed by atoms with van der Waals surface area (Å²) in [4.78, 5) is 21.1. The summed E-state index contributed by atoms with van der Waals surface area (Å²) in [6.07, 6.45) is -1.50. The Labute approximate surface area is 116 Å². The molecule has 1 aromatic rings. The van der Waals surface area contributed by atoms with E-state index in [0.29, 0.717) is 12.1 Å². The van der Waals surface area contributed by atoms with E-state index >= 15 is 0 Å². The summed E-state index contributed by atoms with van der Waals surface area (Å²) >= 11 is 0. The van der Waals surface area contributed by atoms with Crippen molar-refractivity contribution in [1.82, 2.24) is 5.32 Å². The Bertz CT molecular complexity index is 608. The van der Waals surface area contributed by atoms with Gasteiger partial charge in [-0.2, -0.15) is 0 Å². The first-order valence-corrected chi connectivity index (χ1v) is 5.93. The van der Waals surface area contributed by atoms with Gasteiger partial charge in [0.15, 0.2) is 5.54 Å². The SMILES string of the molecule is O=C1CCC(F)(F)[C@@](CF)(c2cc([N+](=O)[O-])ccc2F)N1. The van der Waals surface area contributed by atoms with E-state index in [2.05, 4.69) is 0 Å². The molecule has 1 aliphatic rings. The van der Waals surface area contributed by atoms with E-state index in [1.807, 2.05) is 0 Å². The summed E-state index contributed by atoms with van der Waals surface area (Å²) in [5, 5.41) is 12.4. The second kappa shape index (κ2) is 4.97. The molecule has 1 heterocycles. The highest BCUT2D eigenvalue weighted by Crippen LogP contribution is 2.45. The first kappa shape index (κ1) is 15.2. The van der Waals surface area contributed by atoms with E-state index in [1.54, 1.807) is 5.32 Å². The number of carbonyl (C=O) groups is 1. The average molecular weight is 306 g/mol. The number of nitrogens with one attached hydrogen (secondary N) is 1. The van der Waals surface area contributed by atoms with Gasteiger partial charge < -0.3 is 5.32 Å². The molecule has 0 bridgehead atoms. The fraction of sp³-hybridized carbons (Fsp3) is 0.417. The molecule has 1 aliphatic heterocycles. The average Bonchev–Trinajstić information content (AvgIpc) is 2.42. The molecule has 9 heteroatoms. The lowest BCUT2D eigenvalue weighted by atomic mass is 9.79. The number of hydrogen-bond acceptors (Lipinski definition) is 3. The summed E-state index contributed by atoms with van der Waals surface area (Å²) < 4.78 is 55.4. The van der Waals surface area contributed by atoms with Crippen LogP contribution in [-0.2, 0) is 10.3 Å². The number of carbonyl (C=O) groups excluding carboxylic acids is 1. The third-order valence-corrected chi connectivity index (χ3v) is 3.46. The first-order chi connectivity index (χ1) is 9.73. The third-order valence-electron chi connectivity index (χ3n) is 3.46. The van der Waals surface area contributed by atoms with Gasteiger partial charge in [0.05, 0.1) is 4.92 Å². The monoisotopic (exact) mass is 306 g/mol.